The Kier molecular flexibility index (Phi) is 5.43. The van der Waals surface area contributed by atoms with Gasteiger partial charge in [0.1, 0.15) is 6.54 Å². The summed E-state index contributed by atoms with van der Waals surface area (Å²) in [4.78, 5) is 35.1. The number of benzene rings is 2. The maximum absolute atomic E-state index is 13.1. The third-order valence-electron chi connectivity index (χ3n) is 5.45. The van der Waals surface area contributed by atoms with Crippen LogP contribution in [0.15, 0.2) is 77.7 Å². The van der Waals surface area contributed by atoms with Crippen molar-refractivity contribution in [3.05, 3.63) is 83.3 Å². The number of ether oxygens (including phenoxy) is 2. The fraction of sp³-hybridized carbons (Fsp3) is 0.120. The Bertz CT molecular complexity index is 1570. The lowest BCUT2D eigenvalue weighted by molar-refractivity contribution is -0.116. The number of pyridine rings is 1. The molecule has 0 spiro atoms. The van der Waals surface area contributed by atoms with Crippen molar-refractivity contribution in [1.29, 1.82) is 0 Å². The number of hydrogen-bond acceptors (Lipinski definition) is 6. The standard InChI is InChI=1S/C25H21N5O4/c1-33-21-11-10-16(13-22(21)34-2)27-23(31)15-29-19-8-3-4-9-20(19)30-24(32)14-18(28-25(29)30)17-7-5-6-12-26-17/h3-14H,15H2,1-2H3,(H,27,31). The summed E-state index contributed by atoms with van der Waals surface area (Å²) in [7, 11) is 3.08. The van der Waals surface area contributed by atoms with Gasteiger partial charge in [0, 0.05) is 24.0 Å². The van der Waals surface area contributed by atoms with Crippen molar-refractivity contribution >= 4 is 28.4 Å². The molecule has 3 aromatic heterocycles. The van der Waals surface area contributed by atoms with Crippen molar-refractivity contribution in [2.75, 3.05) is 19.5 Å². The van der Waals surface area contributed by atoms with Gasteiger partial charge < -0.3 is 19.4 Å². The maximum Gasteiger partial charge on any atom is 0.260 e. The molecule has 2 aromatic carbocycles. The molecule has 0 saturated heterocycles. The molecule has 0 aliphatic heterocycles. The number of para-hydroxylation sites is 2. The topological polar surface area (TPSA) is 99.8 Å². The number of anilines is 1. The van der Waals surface area contributed by atoms with Gasteiger partial charge in [-0.2, -0.15) is 0 Å². The van der Waals surface area contributed by atoms with Crippen LogP contribution < -0.4 is 20.3 Å². The van der Waals surface area contributed by atoms with Crippen LogP contribution >= 0.6 is 0 Å². The molecule has 0 fully saturated rings. The van der Waals surface area contributed by atoms with Gasteiger partial charge in [-0.1, -0.05) is 18.2 Å². The second kappa shape index (κ2) is 8.70. The summed E-state index contributed by atoms with van der Waals surface area (Å²) < 4.78 is 13.8. The van der Waals surface area contributed by atoms with E-state index < -0.39 is 0 Å². The van der Waals surface area contributed by atoms with Crippen molar-refractivity contribution in [2.45, 2.75) is 6.54 Å². The van der Waals surface area contributed by atoms with Crippen molar-refractivity contribution in [2.24, 2.45) is 0 Å². The number of methoxy groups -OCH3 is 2. The van der Waals surface area contributed by atoms with Crippen LogP contribution in [0.3, 0.4) is 0 Å². The van der Waals surface area contributed by atoms with Crippen molar-refractivity contribution in [1.82, 2.24) is 18.9 Å². The predicted octanol–water partition coefficient (Wildman–Crippen LogP) is 3.37. The third kappa shape index (κ3) is 3.73. The van der Waals surface area contributed by atoms with E-state index in [1.807, 2.05) is 30.3 Å². The maximum atomic E-state index is 13.1. The zero-order chi connectivity index (χ0) is 23.7. The van der Waals surface area contributed by atoms with Gasteiger partial charge in [0.25, 0.3) is 5.56 Å². The number of nitrogens with one attached hydrogen (secondary N) is 1. The highest BCUT2D eigenvalue weighted by Crippen LogP contribution is 2.30. The van der Waals surface area contributed by atoms with E-state index in [-0.39, 0.29) is 18.0 Å². The van der Waals surface area contributed by atoms with Crippen molar-refractivity contribution in [3.63, 3.8) is 0 Å². The molecule has 0 aliphatic rings. The Morgan fingerprint density at radius 1 is 0.912 bits per heavy atom. The first kappa shape index (κ1) is 21.2. The van der Waals surface area contributed by atoms with E-state index >= 15 is 0 Å². The Labute approximate surface area is 194 Å². The summed E-state index contributed by atoms with van der Waals surface area (Å²) >= 11 is 0. The highest BCUT2D eigenvalue weighted by atomic mass is 16.5. The number of aromatic nitrogens is 4. The van der Waals surface area contributed by atoms with Gasteiger partial charge in [0.2, 0.25) is 11.7 Å². The van der Waals surface area contributed by atoms with E-state index in [1.165, 1.54) is 17.6 Å². The monoisotopic (exact) mass is 455 g/mol. The lowest BCUT2D eigenvalue weighted by Crippen LogP contribution is -2.20. The van der Waals surface area contributed by atoms with Crippen LogP contribution in [-0.4, -0.2) is 39.1 Å². The highest BCUT2D eigenvalue weighted by molar-refractivity contribution is 5.93. The molecule has 0 saturated carbocycles. The fourth-order valence-corrected chi connectivity index (χ4v) is 3.93. The molecule has 9 nitrogen and oxygen atoms in total. The van der Waals surface area contributed by atoms with Crippen LogP contribution in [0.1, 0.15) is 0 Å². The minimum atomic E-state index is -0.284. The molecular weight excluding hydrogens is 434 g/mol. The SMILES string of the molecule is COc1ccc(NC(=O)Cn2c3ccccc3n3c(=O)cc(-c4ccccn4)nc23)cc1OC. The summed E-state index contributed by atoms with van der Waals surface area (Å²) in [6, 6.07) is 19.4. The van der Waals surface area contributed by atoms with Crippen LogP contribution in [0.5, 0.6) is 11.5 Å². The lowest BCUT2D eigenvalue weighted by atomic mass is 10.2. The average Bonchev–Trinajstić information content (AvgIpc) is 3.18. The van der Waals surface area contributed by atoms with Gasteiger partial charge in [0.15, 0.2) is 11.5 Å². The second-order valence-electron chi connectivity index (χ2n) is 7.52. The van der Waals surface area contributed by atoms with E-state index in [0.717, 1.165) is 0 Å². The minimum Gasteiger partial charge on any atom is -0.493 e. The van der Waals surface area contributed by atoms with Crippen LogP contribution in [0, 0.1) is 0 Å². The van der Waals surface area contributed by atoms with E-state index in [9.17, 15) is 9.59 Å². The van der Waals surface area contributed by atoms with Gasteiger partial charge in [-0.15, -0.1) is 0 Å². The zero-order valence-corrected chi connectivity index (χ0v) is 18.6. The molecule has 5 rings (SSSR count). The van der Waals surface area contributed by atoms with Gasteiger partial charge in [-0.05, 0) is 36.4 Å². The molecule has 1 N–H and O–H groups in total. The minimum absolute atomic E-state index is 0.0521. The van der Waals surface area contributed by atoms with Gasteiger partial charge >= 0.3 is 0 Å². The first-order chi connectivity index (χ1) is 16.6. The smallest absolute Gasteiger partial charge is 0.260 e. The molecule has 0 atom stereocenters. The van der Waals surface area contributed by atoms with E-state index in [1.54, 1.807) is 48.2 Å². The summed E-state index contributed by atoms with van der Waals surface area (Å²) in [5.41, 5.74) is 2.71. The Hall–Kier alpha value is -4.66. The zero-order valence-electron chi connectivity index (χ0n) is 18.6. The molecule has 0 radical (unpaired) electrons. The number of rotatable bonds is 6. The molecule has 0 aliphatic carbocycles. The highest BCUT2D eigenvalue weighted by Gasteiger charge is 2.18. The Morgan fingerprint density at radius 3 is 2.41 bits per heavy atom. The number of fused-ring (bicyclic) bond motifs is 3. The second-order valence-corrected chi connectivity index (χ2v) is 7.52. The number of hydrogen-bond donors (Lipinski definition) is 1. The van der Waals surface area contributed by atoms with Crippen LogP contribution in [0.25, 0.3) is 28.2 Å². The van der Waals surface area contributed by atoms with Crippen molar-refractivity contribution in [3.8, 4) is 22.9 Å². The molecule has 3 heterocycles. The summed E-state index contributed by atoms with van der Waals surface area (Å²) in [6.07, 6.45) is 1.64. The molecular formula is C25H21N5O4. The number of amides is 1. The molecule has 0 bridgehead atoms. The Balaban J connectivity index is 1.57. The largest absolute Gasteiger partial charge is 0.493 e. The van der Waals surface area contributed by atoms with E-state index in [0.29, 0.717) is 45.4 Å². The molecule has 5 aromatic rings. The summed E-state index contributed by atoms with van der Waals surface area (Å²) in [6.45, 7) is -0.0521. The molecule has 1 amide bonds. The summed E-state index contributed by atoms with van der Waals surface area (Å²) in [5.74, 6) is 1.14. The average molecular weight is 455 g/mol. The van der Waals surface area contributed by atoms with Gasteiger partial charge in [-0.25, -0.2) is 9.38 Å². The third-order valence-corrected chi connectivity index (χ3v) is 5.45. The van der Waals surface area contributed by atoms with Crippen LogP contribution in [-0.2, 0) is 11.3 Å². The lowest BCUT2D eigenvalue weighted by Gasteiger charge is -2.11. The quantitative estimate of drug-likeness (QED) is 0.421. The fourth-order valence-electron chi connectivity index (χ4n) is 3.93. The molecule has 170 valence electrons. The summed E-state index contributed by atoms with van der Waals surface area (Å²) in [5, 5.41) is 2.87. The van der Waals surface area contributed by atoms with Crippen LogP contribution in [0.2, 0.25) is 0 Å². The molecule has 9 heteroatoms. The van der Waals surface area contributed by atoms with E-state index in [2.05, 4.69) is 10.3 Å². The number of carbonyl (C=O) groups is 1. The number of nitrogens with zero attached hydrogens (tertiary/aromatic N) is 4. The van der Waals surface area contributed by atoms with Crippen LogP contribution in [0.4, 0.5) is 5.69 Å². The van der Waals surface area contributed by atoms with E-state index in [4.69, 9.17) is 14.5 Å². The predicted molar refractivity (Wildman–Crippen MR) is 128 cm³/mol. The van der Waals surface area contributed by atoms with Gasteiger partial charge in [0.05, 0.1) is 36.6 Å². The Morgan fingerprint density at radius 2 is 1.68 bits per heavy atom. The first-order valence-corrected chi connectivity index (χ1v) is 10.5. The van der Waals surface area contributed by atoms with Crippen molar-refractivity contribution < 1.29 is 14.3 Å². The number of carbonyl (C=O) groups excluding carboxylic acids is 1. The molecule has 34 heavy (non-hydrogen) atoms. The normalized spacial score (nSPS) is 11.0. The van der Waals surface area contributed by atoms with Gasteiger partial charge in [-0.3, -0.25) is 14.6 Å². The molecule has 0 unspecified atom stereocenters. The number of imidazole rings is 1. The first-order valence-electron chi connectivity index (χ1n) is 10.5.